The van der Waals surface area contributed by atoms with E-state index in [-0.39, 0.29) is 0 Å². The number of aromatic nitrogens is 3. The minimum Gasteiger partial charge on any atom is -0.270 e. The zero-order valence-electron chi connectivity index (χ0n) is 14.8. The van der Waals surface area contributed by atoms with Crippen LogP contribution in [0.15, 0.2) is 84.0 Å². The van der Waals surface area contributed by atoms with Gasteiger partial charge in [-0.1, -0.05) is 53.7 Å². The molecule has 0 saturated heterocycles. The van der Waals surface area contributed by atoms with Gasteiger partial charge in [0.1, 0.15) is 0 Å². The van der Waals surface area contributed by atoms with Crippen LogP contribution in [0.3, 0.4) is 0 Å². The normalized spacial score (nSPS) is 10.6. The Hall–Kier alpha value is -3.07. The van der Waals surface area contributed by atoms with Gasteiger partial charge in [0.15, 0.2) is 11.0 Å². The molecule has 3 aromatic carbocycles. The van der Waals surface area contributed by atoms with E-state index in [0.717, 1.165) is 27.8 Å². The third kappa shape index (κ3) is 3.94. The smallest absolute Gasteiger partial charge is 0.196 e. The van der Waals surface area contributed by atoms with Gasteiger partial charge in [0.05, 0.1) is 11.6 Å². The summed E-state index contributed by atoms with van der Waals surface area (Å²) < 4.78 is 2.04. The molecule has 0 unspecified atom stereocenters. The Kier molecular flexibility index (Phi) is 5.43. The van der Waals surface area contributed by atoms with Gasteiger partial charge < -0.3 is 0 Å². The number of rotatable bonds is 5. The van der Waals surface area contributed by atoms with E-state index in [1.54, 1.807) is 17.8 Å². The summed E-state index contributed by atoms with van der Waals surface area (Å²) in [5.41, 5.74) is 3.66. The van der Waals surface area contributed by atoms with Crippen molar-refractivity contribution >= 4 is 23.4 Å². The molecule has 0 saturated carbocycles. The largest absolute Gasteiger partial charge is 0.270 e. The Labute approximate surface area is 172 Å². The Balaban J connectivity index is 1.71. The maximum atomic E-state index is 9.10. The topological polar surface area (TPSA) is 54.5 Å². The Bertz CT molecular complexity index is 1130. The molecule has 4 aromatic rings. The number of thioether (sulfide) groups is 1. The van der Waals surface area contributed by atoms with E-state index in [4.69, 9.17) is 16.9 Å². The number of para-hydroxylation sites is 1. The molecule has 4 rings (SSSR count). The Morgan fingerprint density at radius 1 is 0.929 bits per heavy atom. The first kappa shape index (κ1) is 18.3. The molecule has 0 aliphatic rings. The summed E-state index contributed by atoms with van der Waals surface area (Å²) in [6, 6.07) is 27.4. The van der Waals surface area contributed by atoms with Crippen LogP contribution >= 0.6 is 23.4 Å². The summed E-state index contributed by atoms with van der Waals surface area (Å²) in [6.45, 7) is 0. The van der Waals surface area contributed by atoms with Crippen LogP contribution in [0.2, 0.25) is 5.02 Å². The van der Waals surface area contributed by atoms with Gasteiger partial charge in [-0.2, -0.15) is 5.26 Å². The quantitative estimate of drug-likeness (QED) is 0.399. The Morgan fingerprint density at radius 3 is 2.46 bits per heavy atom. The minimum atomic E-state index is 0.657. The molecule has 28 heavy (non-hydrogen) atoms. The fourth-order valence-electron chi connectivity index (χ4n) is 2.84. The van der Waals surface area contributed by atoms with Crippen molar-refractivity contribution in [3.8, 4) is 23.1 Å². The molecule has 4 nitrogen and oxygen atoms in total. The van der Waals surface area contributed by atoms with Crippen molar-refractivity contribution in [1.82, 2.24) is 14.8 Å². The van der Waals surface area contributed by atoms with Gasteiger partial charge in [-0.3, -0.25) is 4.57 Å². The van der Waals surface area contributed by atoms with Gasteiger partial charge in [0, 0.05) is 22.0 Å². The average molecular weight is 403 g/mol. The third-order valence-corrected chi connectivity index (χ3v) is 5.43. The van der Waals surface area contributed by atoms with Crippen LogP contribution < -0.4 is 0 Å². The van der Waals surface area contributed by atoms with Crippen molar-refractivity contribution in [3.05, 3.63) is 95.0 Å². The van der Waals surface area contributed by atoms with Gasteiger partial charge in [-0.25, -0.2) is 0 Å². The fourth-order valence-corrected chi connectivity index (χ4v) is 3.86. The van der Waals surface area contributed by atoms with Crippen molar-refractivity contribution in [2.75, 3.05) is 0 Å². The molecule has 0 amide bonds. The van der Waals surface area contributed by atoms with Crippen LogP contribution in [0.4, 0.5) is 0 Å². The zero-order chi connectivity index (χ0) is 19.3. The molecule has 0 N–H and O–H groups in total. The zero-order valence-corrected chi connectivity index (χ0v) is 16.4. The van der Waals surface area contributed by atoms with E-state index in [1.165, 1.54) is 0 Å². The molecule has 0 atom stereocenters. The molecule has 0 spiro atoms. The van der Waals surface area contributed by atoms with Gasteiger partial charge in [-0.05, 0) is 54.1 Å². The number of hydrogen-bond donors (Lipinski definition) is 0. The third-order valence-electron chi connectivity index (χ3n) is 4.17. The van der Waals surface area contributed by atoms with Gasteiger partial charge in [-0.15, -0.1) is 10.2 Å². The summed E-state index contributed by atoms with van der Waals surface area (Å²) in [5, 5.41) is 19.4. The number of benzene rings is 3. The predicted molar refractivity (Wildman–Crippen MR) is 113 cm³/mol. The van der Waals surface area contributed by atoms with Crippen LogP contribution in [0.5, 0.6) is 0 Å². The van der Waals surface area contributed by atoms with Gasteiger partial charge >= 0.3 is 0 Å². The lowest BCUT2D eigenvalue weighted by molar-refractivity contribution is 0.886. The molecule has 1 heterocycles. The lowest BCUT2D eigenvalue weighted by Gasteiger charge is -2.10. The summed E-state index contributed by atoms with van der Waals surface area (Å²) in [5.74, 6) is 1.46. The van der Waals surface area contributed by atoms with Crippen LogP contribution in [0.25, 0.3) is 17.1 Å². The van der Waals surface area contributed by atoms with E-state index in [0.29, 0.717) is 16.3 Å². The van der Waals surface area contributed by atoms with Gasteiger partial charge in [0.2, 0.25) is 0 Å². The summed E-state index contributed by atoms with van der Waals surface area (Å²) >= 11 is 7.62. The monoisotopic (exact) mass is 402 g/mol. The standard InChI is InChI=1S/C22H15ClN4S/c23-19-11-9-18(10-12-19)21-25-26-22(27(21)20-7-2-1-3-8-20)28-15-17-6-4-5-16(13-17)14-24/h1-13H,15H2. The van der Waals surface area contributed by atoms with Crippen molar-refractivity contribution < 1.29 is 0 Å². The Morgan fingerprint density at radius 2 is 1.71 bits per heavy atom. The number of halogens is 1. The number of hydrogen-bond acceptors (Lipinski definition) is 4. The predicted octanol–water partition coefficient (Wildman–Crippen LogP) is 5.75. The van der Waals surface area contributed by atoms with Crippen molar-refractivity contribution in [3.63, 3.8) is 0 Å². The second-order valence-corrected chi connectivity index (χ2v) is 7.46. The summed E-state index contributed by atoms with van der Waals surface area (Å²) in [4.78, 5) is 0. The van der Waals surface area contributed by atoms with E-state index in [9.17, 15) is 0 Å². The lowest BCUT2D eigenvalue weighted by Crippen LogP contribution is -1.99. The fraction of sp³-hybridized carbons (Fsp3) is 0.0455. The molecule has 0 fully saturated rings. The maximum Gasteiger partial charge on any atom is 0.196 e. The van der Waals surface area contributed by atoms with Crippen molar-refractivity contribution in [2.45, 2.75) is 10.9 Å². The highest BCUT2D eigenvalue weighted by Gasteiger charge is 2.16. The molecule has 0 radical (unpaired) electrons. The second-order valence-electron chi connectivity index (χ2n) is 6.08. The molecule has 1 aromatic heterocycles. The molecular weight excluding hydrogens is 388 g/mol. The highest BCUT2D eigenvalue weighted by atomic mass is 35.5. The lowest BCUT2D eigenvalue weighted by atomic mass is 10.2. The summed E-state index contributed by atoms with van der Waals surface area (Å²) in [7, 11) is 0. The van der Waals surface area contributed by atoms with Crippen LogP contribution in [0, 0.1) is 11.3 Å². The first-order valence-electron chi connectivity index (χ1n) is 8.63. The maximum absolute atomic E-state index is 9.10. The highest BCUT2D eigenvalue weighted by Crippen LogP contribution is 2.30. The van der Waals surface area contributed by atoms with E-state index < -0.39 is 0 Å². The van der Waals surface area contributed by atoms with Crippen molar-refractivity contribution in [2.24, 2.45) is 0 Å². The number of nitrogens with zero attached hydrogens (tertiary/aromatic N) is 4. The number of nitriles is 1. The van der Waals surface area contributed by atoms with Crippen molar-refractivity contribution in [1.29, 1.82) is 5.26 Å². The van der Waals surface area contributed by atoms with Crippen LogP contribution in [-0.4, -0.2) is 14.8 Å². The molecule has 6 heteroatoms. The minimum absolute atomic E-state index is 0.657. The van der Waals surface area contributed by atoms with Crippen LogP contribution in [-0.2, 0) is 5.75 Å². The van der Waals surface area contributed by atoms with E-state index in [2.05, 4.69) is 16.3 Å². The molecule has 0 bridgehead atoms. The first-order chi connectivity index (χ1) is 13.7. The molecule has 136 valence electrons. The van der Waals surface area contributed by atoms with Gasteiger partial charge in [0.25, 0.3) is 0 Å². The summed E-state index contributed by atoms with van der Waals surface area (Å²) in [6.07, 6.45) is 0. The molecule has 0 aliphatic heterocycles. The SMILES string of the molecule is N#Cc1cccc(CSc2nnc(-c3ccc(Cl)cc3)n2-c2ccccc2)c1. The van der Waals surface area contributed by atoms with Crippen LogP contribution in [0.1, 0.15) is 11.1 Å². The van der Waals surface area contributed by atoms with E-state index in [1.807, 2.05) is 77.4 Å². The van der Waals surface area contributed by atoms with E-state index >= 15 is 0 Å². The molecular formula is C22H15ClN4S. The highest BCUT2D eigenvalue weighted by molar-refractivity contribution is 7.98. The second kappa shape index (κ2) is 8.30. The average Bonchev–Trinajstić information content (AvgIpc) is 3.17. The molecule has 0 aliphatic carbocycles. The first-order valence-corrected chi connectivity index (χ1v) is 9.99.